The lowest BCUT2D eigenvalue weighted by Crippen LogP contribution is -1.97. The maximum atomic E-state index is 2.30. The van der Waals surface area contributed by atoms with E-state index in [0.29, 0.717) is 0 Å². The molecule has 3 atom stereocenters. The van der Waals surface area contributed by atoms with Crippen LogP contribution < -0.4 is 0 Å². The second kappa shape index (κ2) is 1.84. The van der Waals surface area contributed by atoms with Crippen molar-refractivity contribution in [2.75, 3.05) is 0 Å². The first-order valence-electron chi connectivity index (χ1n) is 3.24. The minimum absolute atomic E-state index is 1.02. The number of rotatable bonds is 1. The van der Waals surface area contributed by atoms with E-state index in [9.17, 15) is 0 Å². The second-order valence-electron chi connectivity index (χ2n) is 2.58. The minimum atomic E-state index is 1.02. The molecule has 0 aromatic carbocycles. The maximum absolute atomic E-state index is 2.30. The smallest absolute Gasteiger partial charge is 0.0194 e. The van der Waals surface area contributed by atoms with Crippen molar-refractivity contribution in [3.63, 3.8) is 0 Å². The standard InChI is InChI=1S/C6H10S2/c1-2-5-4-3-6(4)8-7-5/h4-6H,2-3H2,1H3. The molecule has 0 nitrogen and oxygen atoms in total. The Balaban J connectivity index is 1.97. The van der Waals surface area contributed by atoms with Crippen LogP contribution in [0.2, 0.25) is 0 Å². The first kappa shape index (κ1) is 5.48. The van der Waals surface area contributed by atoms with Crippen LogP contribution in [-0.2, 0) is 0 Å². The van der Waals surface area contributed by atoms with E-state index in [2.05, 4.69) is 28.5 Å². The van der Waals surface area contributed by atoms with Crippen LogP contribution in [0, 0.1) is 5.92 Å². The van der Waals surface area contributed by atoms with E-state index in [-0.39, 0.29) is 0 Å². The van der Waals surface area contributed by atoms with Crippen LogP contribution in [0.1, 0.15) is 19.8 Å². The fourth-order valence-corrected chi connectivity index (χ4v) is 5.23. The summed E-state index contributed by atoms with van der Waals surface area (Å²) in [4.78, 5) is 0. The van der Waals surface area contributed by atoms with Gasteiger partial charge in [0.05, 0.1) is 0 Å². The zero-order chi connectivity index (χ0) is 5.56. The maximum Gasteiger partial charge on any atom is 0.0194 e. The van der Waals surface area contributed by atoms with Gasteiger partial charge >= 0.3 is 0 Å². The Kier molecular flexibility index (Phi) is 1.26. The Morgan fingerprint density at radius 1 is 1.50 bits per heavy atom. The molecule has 46 valence electrons. The zero-order valence-corrected chi connectivity index (χ0v) is 6.60. The van der Waals surface area contributed by atoms with Crippen molar-refractivity contribution in [3.8, 4) is 0 Å². The highest BCUT2D eigenvalue weighted by Gasteiger charge is 2.48. The molecule has 2 rings (SSSR count). The summed E-state index contributed by atoms with van der Waals surface area (Å²) >= 11 is 0. The molecule has 2 fully saturated rings. The van der Waals surface area contributed by atoms with Crippen molar-refractivity contribution in [2.45, 2.75) is 30.3 Å². The summed E-state index contributed by atoms with van der Waals surface area (Å²) in [6, 6.07) is 0. The summed E-state index contributed by atoms with van der Waals surface area (Å²) in [5, 5.41) is 2.09. The summed E-state index contributed by atoms with van der Waals surface area (Å²) in [6.07, 6.45) is 2.91. The highest BCUT2D eigenvalue weighted by atomic mass is 33.1. The van der Waals surface area contributed by atoms with Gasteiger partial charge in [0.1, 0.15) is 0 Å². The average Bonchev–Trinajstić information content (AvgIpc) is 2.46. The molecule has 2 heteroatoms. The lowest BCUT2D eigenvalue weighted by Gasteiger charge is -2.03. The van der Waals surface area contributed by atoms with Crippen LogP contribution in [0.15, 0.2) is 0 Å². The average molecular weight is 146 g/mol. The van der Waals surface area contributed by atoms with E-state index in [1.165, 1.54) is 12.8 Å². The minimum Gasteiger partial charge on any atom is -0.0901 e. The molecular weight excluding hydrogens is 136 g/mol. The molecule has 0 radical (unpaired) electrons. The number of hydrogen-bond donors (Lipinski definition) is 0. The molecule has 1 saturated heterocycles. The van der Waals surface area contributed by atoms with Gasteiger partial charge in [0, 0.05) is 10.5 Å². The SMILES string of the molecule is CCC1SSC2CC12. The Morgan fingerprint density at radius 2 is 2.38 bits per heavy atom. The van der Waals surface area contributed by atoms with Crippen LogP contribution in [-0.4, -0.2) is 10.5 Å². The van der Waals surface area contributed by atoms with Crippen molar-refractivity contribution in [1.82, 2.24) is 0 Å². The predicted octanol–water partition coefficient (Wildman–Crippen LogP) is 2.55. The molecule has 0 bridgehead atoms. The van der Waals surface area contributed by atoms with Crippen molar-refractivity contribution in [2.24, 2.45) is 5.92 Å². The van der Waals surface area contributed by atoms with Crippen LogP contribution in [0.4, 0.5) is 0 Å². The van der Waals surface area contributed by atoms with Gasteiger partial charge in [-0.3, -0.25) is 0 Å². The normalized spacial score (nSPS) is 51.4. The molecule has 0 amide bonds. The highest BCUT2D eigenvalue weighted by Crippen LogP contribution is 2.61. The third kappa shape index (κ3) is 0.695. The fraction of sp³-hybridized carbons (Fsp3) is 1.00. The summed E-state index contributed by atoms with van der Waals surface area (Å²) in [5.41, 5.74) is 0. The predicted molar refractivity (Wildman–Crippen MR) is 41.2 cm³/mol. The van der Waals surface area contributed by atoms with Crippen molar-refractivity contribution >= 4 is 21.6 Å². The molecule has 1 aliphatic carbocycles. The Bertz CT molecular complexity index is 103. The van der Waals surface area contributed by atoms with Crippen LogP contribution in [0.5, 0.6) is 0 Å². The summed E-state index contributed by atoms with van der Waals surface area (Å²) in [6.45, 7) is 2.30. The summed E-state index contributed by atoms with van der Waals surface area (Å²) in [7, 11) is 4.24. The molecule has 0 spiro atoms. The van der Waals surface area contributed by atoms with Crippen molar-refractivity contribution in [3.05, 3.63) is 0 Å². The molecule has 0 aromatic rings. The monoisotopic (exact) mass is 146 g/mol. The highest BCUT2D eigenvalue weighted by molar-refractivity contribution is 8.77. The fourth-order valence-electron chi connectivity index (χ4n) is 1.28. The third-order valence-electron chi connectivity index (χ3n) is 1.96. The van der Waals surface area contributed by atoms with Gasteiger partial charge in [-0.1, -0.05) is 28.5 Å². The van der Waals surface area contributed by atoms with Crippen LogP contribution >= 0.6 is 21.6 Å². The Morgan fingerprint density at radius 3 is 2.62 bits per heavy atom. The van der Waals surface area contributed by atoms with E-state index in [0.717, 1.165) is 16.4 Å². The van der Waals surface area contributed by atoms with Gasteiger partial charge in [-0.25, -0.2) is 0 Å². The topological polar surface area (TPSA) is 0 Å². The molecule has 0 aromatic heterocycles. The van der Waals surface area contributed by atoms with E-state index in [1.807, 2.05) is 0 Å². The first-order chi connectivity index (χ1) is 3.92. The van der Waals surface area contributed by atoms with Gasteiger partial charge in [0.15, 0.2) is 0 Å². The molecule has 2 aliphatic rings. The van der Waals surface area contributed by atoms with E-state index < -0.39 is 0 Å². The zero-order valence-electron chi connectivity index (χ0n) is 4.96. The van der Waals surface area contributed by atoms with Crippen molar-refractivity contribution in [1.29, 1.82) is 0 Å². The van der Waals surface area contributed by atoms with Gasteiger partial charge in [0.25, 0.3) is 0 Å². The van der Waals surface area contributed by atoms with E-state index >= 15 is 0 Å². The molecule has 1 saturated carbocycles. The Labute approximate surface area is 58.2 Å². The quantitative estimate of drug-likeness (QED) is 0.521. The van der Waals surface area contributed by atoms with Gasteiger partial charge in [-0.15, -0.1) is 0 Å². The van der Waals surface area contributed by atoms with Crippen LogP contribution in [0.25, 0.3) is 0 Å². The van der Waals surface area contributed by atoms with Crippen LogP contribution in [0.3, 0.4) is 0 Å². The molecule has 0 N–H and O–H groups in total. The first-order valence-corrected chi connectivity index (χ1v) is 5.51. The molecule has 8 heavy (non-hydrogen) atoms. The van der Waals surface area contributed by atoms with E-state index in [4.69, 9.17) is 0 Å². The lowest BCUT2D eigenvalue weighted by atomic mass is 10.2. The number of hydrogen-bond acceptors (Lipinski definition) is 2. The molecule has 3 unspecified atom stereocenters. The summed E-state index contributed by atoms with van der Waals surface area (Å²) < 4.78 is 0. The molecule has 1 aliphatic heterocycles. The molecule has 1 heterocycles. The van der Waals surface area contributed by atoms with Gasteiger partial charge in [-0.05, 0) is 18.8 Å². The largest absolute Gasteiger partial charge is 0.0901 e. The number of fused-ring (bicyclic) bond motifs is 1. The van der Waals surface area contributed by atoms with E-state index in [1.54, 1.807) is 0 Å². The molecular formula is C6H10S2. The van der Waals surface area contributed by atoms with Gasteiger partial charge in [0.2, 0.25) is 0 Å². The Hall–Kier alpha value is 0.700. The van der Waals surface area contributed by atoms with Gasteiger partial charge in [-0.2, -0.15) is 0 Å². The van der Waals surface area contributed by atoms with Gasteiger partial charge < -0.3 is 0 Å². The lowest BCUT2D eigenvalue weighted by molar-refractivity contribution is 0.740. The third-order valence-corrected chi connectivity index (χ3v) is 5.61. The summed E-state index contributed by atoms with van der Waals surface area (Å²) in [5.74, 6) is 1.12. The van der Waals surface area contributed by atoms with Crippen molar-refractivity contribution < 1.29 is 0 Å². The second-order valence-corrected chi connectivity index (χ2v) is 5.33.